The van der Waals surface area contributed by atoms with Gasteiger partial charge in [0.1, 0.15) is 34.7 Å². The third-order valence-corrected chi connectivity index (χ3v) is 5.28. The topological polar surface area (TPSA) is 82.6 Å². The fourth-order valence-electron chi connectivity index (χ4n) is 2.65. The van der Waals surface area contributed by atoms with Crippen molar-refractivity contribution >= 4 is 23.4 Å². The minimum atomic E-state index is -2.58. The van der Waals surface area contributed by atoms with Crippen molar-refractivity contribution in [1.29, 1.82) is 10.5 Å². The zero-order valence-corrected chi connectivity index (χ0v) is 16.9. The van der Waals surface area contributed by atoms with Crippen LogP contribution < -0.4 is 4.74 Å². The number of pyridine rings is 2. The van der Waals surface area contributed by atoms with Gasteiger partial charge in [-0.2, -0.15) is 10.5 Å². The van der Waals surface area contributed by atoms with Crippen LogP contribution in [-0.4, -0.2) is 23.0 Å². The lowest BCUT2D eigenvalue weighted by Gasteiger charge is -2.13. The highest BCUT2D eigenvalue weighted by atomic mass is 35.5. The molecule has 150 valence electrons. The standard InChI is InChI=1S/C21H13ClF2N4OS/c22-20-16(8-25)19(14-3-5-15(6-4-14)29-11-18(23)24)17(9-26)21(28-20)30-12-13-2-1-7-27-10-13/h1-7,10,18H,11-12H2. The molecule has 0 radical (unpaired) electrons. The van der Waals surface area contributed by atoms with E-state index in [9.17, 15) is 19.3 Å². The summed E-state index contributed by atoms with van der Waals surface area (Å²) in [6.07, 6.45) is 0.792. The van der Waals surface area contributed by atoms with E-state index in [4.69, 9.17) is 16.3 Å². The lowest BCUT2D eigenvalue weighted by molar-refractivity contribution is 0.0819. The summed E-state index contributed by atoms with van der Waals surface area (Å²) in [5, 5.41) is 19.7. The van der Waals surface area contributed by atoms with E-state index in [0.29, 0.717) is 21.9 Å². The predicted molar refractivity (Wildman–Crippen MR) is 109 cm³/mol. The molecule has 0 atom stereocenters. The minimum absolute atomic E-state index is 0.0155. The molecule has 30 heavy (non-hydrogen) atoms. The lowest BCUT2D eigenvalue weighted by Crippen LogP contribution is -2.06. The van der Waals surface area contributed by atoms with Crippen LogP contribution >= 0.6 is 23.4 Å². The summed E-state index contributed by atoms with van der Waals surface area (Å²) < 4.78 is 29.6. The molecule has 0 N–H and O–H groups in total. The van der Waals surface area contributed by atoms with Crippen LogP contribution in [0.2, 0.25) is 5.15 Å². The monoisotopic (exact) mass is 442 g/mol. The molecule has 0 saturated carbocycles. The average Bonchev–Trinajstić information content (AvgIpc) is 2.76. The molecule has 0 aliphatic rings. The highest BCUT2D eigenvalue weighted by Gasteiger charge is 2.21. The van der Waals surface area contributed by atoms with E-state index in [-0.39, 0.29) is 22.0 Å². The average molecular weight is 443 g/mol. The number of aromatic nitrogens is 2. The SMILES string of the molecule is N#Cc1c(Cl)nc(SCc2cccnc2)c(C#N)c1-c1ccc(OCC(F)F)cc1. The lowest BCUT2D eigenvalue weighted by atomic mass is 9.97. The molecule has 0 bridgehead atoms. The molecule has 9 heteroatoms. The first-order valence-corrected chi connectivity index (χ1v) is 9.96. The number of halogens is 3. The van der Waals surface area contributed by atoms with E-state index in [1.54, 1.807) is 24.5 Å². The first kappa shape index (κ1) is 21.5. The van der Waals surface area contributed by atoms with Crippen LogP contribution in [0.5, 0.6) is 5.75 Å². The van der Waals surface area contributed by atoms with Crippen molar-refractivity contribution in [2.24, 2.45) is 0 Å². The molecule has 1 aromatic carbocycles. The van der Waals surface area contributed by atoms with E-state index < -0.39 is 13.0 Å². The van der Waals surface area contributed by atoms with Gasteiger partial charge >= 0.3 is 0 Å². The summed E-state index contributed by atoms with van der Waals surface area (Å²) in [6.45, 7) is -0.720. The third-order valence-electron chi connectivity index (χ3n) is 3.96. The second kappa shape index (κ2) is 10.0. The van der Waals surface area contributed by atoms with Gasteiger partial charge < -0.3 is 4.74 Å². The van der Waals surface area contributed by atoms with E-state index >= 15 is 0 Å². The number of nitriles is 2. The number of rotatable bonds is 7. The Morgan fingerprint density at radius 1 is 1.10 bits per heavy atom. The zero-order valence-electron chi connectivity index (χ0n) is 15.3. The van der Waals surface area contributed by atoms with Crippen molar-refractivity contribution in [2.75, 3.05) is 6.61 Å². The van der Waals surface area contributed by atoms with Crippen molar-refractivity contribution in [3.05, 3.63) is 70.6 Å². The van der Waals surface area contributed by atoms with Gasteiger partial charge in [0.15, 0.2) is 0 Å². The molecule has 5 nitrogen and oxygen atoms in total. The largest absolute Gasteiger partial charge is 0.488 e. The van der Waals surface area contributed by atoms with Crippen molar-refractivity contribution in [2.45, 2.75) is 17.2 Å². The van der Waals surface area contributed by atoms with Crippen LogP contribution in [0.15, 0.2) is 53.8 Å². The maximum absolute atomic E-state index is 12.3. The minimum Gasteiger partial charge on any atom is -0.488 e. The molecular weight excluding hydrogens is 430 g/mol. The van der Waals surface area contributed by atoms with E-state index in [0.717, 1.165) is 5.56 Å². The molecule has 0 unspecified atom stereocenters. The molecule has 0 fully saturated rings. The van der Waals surface area contributed by atoms with Crippen molar-refractivity contribution in [3.63, 3.8) is 0 Å². The first-order valence-electron chi connectivity index (χ1n) is 8.60. The fourth-order valence-corrected chi connectivity index (χ4v) is 3.84. The van der Waals surface area contributed by atoms with Crippen molar-refractivity contribution in [1.82, 2.24) is 9.97 Å². The number of alkyl halides is 2. The first-order chi connectivity index (χ1) is 14.5. The van der Waals surface area contributed by atoms with E-state index in [1.807, 2.05) is 18.2 Å². The van der Waals surface area contributed by atoms with Gasteiger partial charge in [0.25, 0.3) is 6.43 Å². The molecule has 3 aromatic rings. The molecule has 2 heterocycles. The summed E-state index contributed by atoms with van der Waals surface area (Å²) in [7, 11) is 0. The second-order valence-corrected chi connectivity index (χ2v) is 7.25. The van der Waals surface area contributed by atoms with Crippen LogP contribution in [0.4, 0.5) is 8.78 Å². The highest BCUT2D eigenvalue weighted by Crippen LogP contribution is 2.37. The van der Waals surface area contributed by atoms with Crippen molar-refractivity contribution < 1.29 is 13.5 Å². The number of thioether (sulfide) groups is 1. The Hall–Kier alpha value is -3.20. The van der Waals surface area contributed by atoms with Crippen LogP contribution in [0.25, 0.3) is 11.1 Å². The molecule has 0 amide bonds. The van der Waals surface area contributed by atoms with Gasteiger partial charge in [-0.15, -0.1) is 11.8 Å². The van der Waals surface area contributed by atoms with Crippen LogP contribution in [0.3, 0.4) is 0 Å². The molecule has 0 aliphatic heterocycles. The summed E-state index contributed by atoms with van der Waals surface area (Å²) >= 11 is 7.54. The van der Waals surface area contributed by atoms with Gasteiger partial charge in [0, 0.05) is 23.7 Å². The quantitative estimate of drug-likeness (QED) is 0.356. The maximum atomic E-state index is 12.3. The van der Waals surface area contributed by atoms with E-state index in [2.05, 4.69) is 16.0 Å². The number of hydrogen-bond donors (Lipinski definition) is 0. The molecule has 2 aromatic heterocycles. The van der Waals surface area contributed by atoms with Crippen LogP contribution in [0, 0.1) is 22.7 Å². The Morgan fingerprint density at radius 2 is 1.83 bits per heavy atom. The number of nitrogens with zero attached hydrogens (tertiary/aromatic N) is 4. The number of hydrogen-bond acceptors (Lipinski definition) is 6. The summed E-state index contributed by atoms with van der Waals surface area (Å²) in [5.74, 6) is 0.764. The normalized spacial score (nSPS) is 10.5. The van der Waals surface area contributed by atoms with Gasteiger partial charge in [-0.05, 0) is 29.3 Å². The van der Waals surface area contributed by atoms with Crippen molar-refractivity contribution in [3.8, 4) is 29.0 Å². The molecule has 0 spiro atoms. The zero-order chi connectivity index (χ0) is 21.5. The number of benzene rings is 1. The second-order valence-electron chi connectivity index (χ2n) is 5.93. The number of ether oxygens (including phenoxy) is 1. The Bertz CT molecular complexity index is 1110. The molecular formula is C21H13ClF2N4OS. The van der Waals surface area contributed by atoms with Gasteiger partial charge in [-0.1, -0.05) is 29.8 Å². The summed E-state index contributed by atoms with van der Waals surface area (Å²) in [5.41, 5.74) is 2.09. The maximum Gasteiger partial charge on any atom is 0.272 e. The molecule has 0 saturated heterocycles. The Kier molecular flexibility index (Phi) is 7.18. The van der Waals surface area contributed by atoms with Gasteiger partial charge in [-0.3, -0.25) is 4.98 Å². The molecule has 3 rings (SSSR count). The fraction of sp³-hybridized carbons (Fsp3) is 0.143. The Morgan fingerprint density at radius 3 is 2.43 bits per heavy atom. The van der Waals surface area contributed by atoms with Gasteiger partial charge in [0.05, 0.1) is 11.1 Å². The Labute approximate surface area is 180 Å². The summed E-state index contributed by atoms with van der Waals surface area (Å²) in [6, 6.07) is 14.0. The van der Waals surface area contributed by atoms with Crippen LogP contribution in [0.1, 0.15) is 16.7 Å². The third kappa shape index (κ3) is 5.04. The summed E-state index contributed by atoms with van der Waals surface area (Å²) in [4.78, 5) is 8.29. The smallest absolute Gasteiger partial charge is 0.272 e. The van der Waals surface area contributed by atoms with Crippen LogP contribution in [-0.2, 0) is 5.75 Å². The Balaban J connectivity index is 1.99. The predicted octanol–water partition coefficient (Wildman–Crippen LogP) is 5.48. The highest BCUT2D eigenvalue weighted by molar-refractivity contribution is 7.98. The molecule has 0 aliphatic carbocycles. The van der Waals surface area contributed by atoms with E-state index in [1.165, 1.54) is 23.9 Å². The van der Waals surface area contributed by atoms with Gasteiger partial charge in [0.2, 0.25) is 0 Å². The van der Waals surface area contributed by atoms with Gasteiger partial charge in [-0.25, -0.2) is 13.8 Å².